The lowest BCUT2D eigenvalue weighted by Gasteiger charge is -2.32. The first-order chi connectivity index (χ1) is 9.66. The number of urea groups is 1. The monoisotopic (exact) mass is 296 g/mol. The average molecular weight is 296 g/mol. The molecule has 2 heterocycles. The van der Waals surface area contributed by atoms with E-state index < -0.39 is 0 Å². The van der Waals surface area contributed by atoms with Crippen molar-refractivity contribution in [2.45, 2.75) is 6.92 Å². The van der Waals surface area contributed by atoms with Gasteiger partial charge in [-0.25, -0.2) is 9.59 Å². The number of amides is 3. The van der Waals surface area contributed by atoms with Crippen molar-refractivity contribution in [1.82, 2.24) is 18.9 Å². The summed E-state index contributed by atoms with van der Waals surface area (Å²) in [6, 6.07) is 1.13. The van der Waals surface area contributed by atoms with Gasteiger partial charge in [0.05, 0.1) is 5.92 Å². The number of aromatic nitrogens is 2. The Bertz CT molecular complexity index is 641. The predicted octanol–water partition coefficient (Wildman–Crippen LogP) is -0.770. The number of carbonyl (C=O) groups is 2. The van der Waals surface area contributed by atoms with Gasteiger partial charge in [-0.3, -0.25) is 19.1 Å². The highest BCUT2D eigenvalue weighted by Crippen LogP contribution is 2.11. The second kappa shape index (κ2) is 6.38. The van der Waals surface area contributed by atoms with Crippen LogP contribution in [0.25, 0.3) is 0 Å². The van der Waals surface area contributed by atoms with Crippen LogP contribution in [0.2, 0.25) is 0 Å². The van der Waals surface area contributed by atoms with Gasteiger partial charge < -0.3 is 9.47 Å². The molecule has 8 nitrogen and oxygen atoms in total. The average Bonchev–Trinajstić information content (AvgIpc) is 2.45. The number of aryl methyl sites for hydroxylation is 1. The first kappa shape index (κ1) is 16.7. The van der Waals surface area contributed by atoms with Gasteiger partial charge in [-0.15, -0.1) is 0 Å². The van der Waals surface area contributed by atoms with Gasteiger partial charge in [-0.05, 0) is 0 Å². The van der Waals surface area contributed by atoms with Crippen molar-refractivity contribution in [2.24, 2.45) is 20.0 Å². The summed E-state index contributed by atoms with van der Waals surface area (Å²) in [6.07, 6.45) is 1.45. The molecule has 0 saturated carbocycles. The Morgan fingerprint density at radius 3 is 2.14 bits per heavy atom. The van der Waals surface area contributed by atoms with Gasteiger partial charge in [0.1, 0.15) is 0 Å². The van der Waals surface area contributed by atoms with E-state index in [9.17, 15) is 19.2 Å². The summed E-state index contributed by atoms with van der Waals surface area (Å²) in [7, 11) is 6.26. The Morgan fingerprint density at radius 2 is 1.62 bits per heavy atom. The van der Waals surface area contributed by atoms with Crippen LogP contribution in [0.5, 0.6) is 0 Å². The quantitative estimate of drug-likeness (QED) is 0.629. The van der Waals surface area contributed by atoms with Crippen molar-refractivity contribution in [3.8, 4) is 0 Å². The molecule has 116 valence electrons. The van der Waals surface area contributed by atoms with Crippen molar-refractivity contribution < 1.29 is 9.59 Å². The van der Waals surface area contributed by atoms with Crippen LogP contribution in [-0.4, -0.2) is 51.5 Å². The van der Waals surface area contributed by atoms with Gasteiger partial charge in [0.15, 0.2) is 0 Å². The van der Waals surface area contributed by atoms with Crippen molar-refractivity contribution in [2.75, 3.05) is 20.6 Å². The molecule has 1 fully saturated rings. The molecule has 1 aromatic rings. The molecule has 0 spiro atoms. The SMILES string of the molecule is CC1CN(C)C(=O)N(C)C1=O.Cn1ccc(=O)n(C)c1=O. The number of carbonyl (C=O) groups excluding carboxylic acids is 2. The highest BCUT2D eigenvalue weighted by Gasteiger charge is 2.31. The second-order valence-electron chi connectivity index (χ2n) is 5.07. The van der Waals surface area contributed by atoms with E-state index in [1.54, 1.807) is 19.0 Å². The number of hydrogen-bond acceptors (Lipinski definition) is 4. The lowest BCUT2D eigenvalue weighted by Crippen LogP contribution is -2.52. The van der Waals surface area contributed by atoms with E-state index in [-0.39, 0.29) is 29.1 Å². The Morgan fingerprint density at radius 1 is 1.05 bits per heavy atom. The lowest BCUT2D eigenvalue weighted by atomic mass is 10.1. The predicted molar refractivity (Wildman–Crippen MR) is 76.9 cm³/mol. The van der Waals surface area contributed by atoms with Crippen molar-refractivity contribution >= 4 is 11.9 Å². The molecule has 8 heteroatoms. The summed E-state index contributed by atoms with van der Waals surface area (Å²) >= 11 is 0. The fraction of sp³-hybridized carbons (Fsp3) is 0.538. The smallest absolute Gasteiger partial charge is 0.327 e. The van der Waals surface area contributed by atoms with Gasteiger partial charge in [0.25, 0.3) is 5.56 Å². The fourth-order valence-electron chi connectivity index (χ4n) is 1.93. The first-order valence-electron chi connectivity index (χ1n) is 6.42. The topological polar surface area (TPSA) is 84.6 Å². The number of imide groups is 1. The van der Waals surface area contributed by atoms with Crippen LogP contribution in [0, 0.1) is 5.92 Å². The molecule has 1 atom stereocenters. The third-order valence-corrected chi connectivity index (χ3v) is 3.27. The van der Waals surface area contributed by atoms with Gasteiger partial charge in [0.2, 0.25) is 5.91 Å². The van der Waals surface area contributed by atoms with E-state index in [1.807, 2.05) is 6.92 Å². The van der Waals surface area contributed by atoms with Crippen molar-refractivity contribution in [3.63, 3.8) is 0 Å². The van der Waals surface area contributed by atoms with Crippen LogP contribution in [0.15, 0.2) is 21.9 Å². The molecule has 0 aliphatic carbocycles. The molecule has 0 aromatic carbocycles. The molecular weight excluding hydrogens is 276 g/mol. The van der Waals surface area contributed by atoms with Crippen molar-refractivity contribution in [1.29, 1.82) is 0 Å². The summed E-state index contributed by atoms with van der Waals surface area (Å²) in [5.74, 6) is -0.157. The van der Waals surface area contributed by atoms with Gasteiger partial charge in [-0.2, -0.15) is 0 Å². The minimum Gasteiger partial charge on any atom is -0.327 e. The third-order valence-electron chi connectivity index (χ3n) is 3.27. The van der Waals surface area contributed by atoms with Crippen LogP contribution >= 0.6 is 0 Å². The van der Waals surface area contributed by atoms with E-state index in [1.165, 1.54) is 30.9 Å². The zero-order valence-electron chi connectivity index (χ0n) is 12.9. The zero-order valence-corrected chi connectivity index (χ0v) is 12.9. The molecule has 0 radical (unpaired) electrons. The van der Waals surface area contributed by atoms with Crippen molar-refractivity contribution in [3.05, 3.63) is 33.1 Å². The molecule has 1 saturated heterocycles. The molecule has 21 heavy (non-hydrogen) atoms. The van der Waals surface area contributed by atoms with Crippen LogP contribution in [0.1, 0.15) is 6.92 Å². The molecule has 0 bridgehead atoms. The molecular formula is C13H20N4O4. The lowest BCUT2D eigenvalue weighted by molar-refractivity contribution is -0.133. The second-order valence-corrected chi connectivity index (χ2v) is 5.07. The standard InChI is InChI=1S/C7H12N2O2.C6H8N2O2/c1-5-4-8(2)7(11)9(3)6(5)10;1-7-4-3-5(9)8(2)6(7)10/h5H,4H2,1-3H3;3-4H,1-2H3. The van der Waals surface area contributed by atoms with E-state index >= 15 is 0 Å². The van der Waals surface area contributed by atoms with E-state index in [0.717, 1.165) is 9.47 Å². The Kier molecular flexibility index (Phi) is 5.07. The summed E-state index contributed by atoms with van der Waals surface area (Å²) in [5, 5.41) is 0. The van der Waals surface area contributed by atoms with Crippen LogP contribution < -0.4 is 11.2 Å². The number of hydrogen-bond donors (Lipinski definition) is 0. The van der Waals surface area contributed by atoms with Gasteiger partial charge in [0, 0.05) is 47.0 Å². The fourth-order valence-corrected chi connectivity index (χ4v) is 1.93. The summed E-state index contributed by atoms with van der Waals surface area (Å²) < 4.78 is 2.40. The van der Waals surface area contributed by atoms with Gasteiger partial charge >= 0.3 is 11.7 Å². The highest BCUT2D eigenvalue weighted by molar-refractivity contribution is 5.97. The van der Waals surface area contributed by atoms with E-state index in [0.29, 0.717) is 6.54 Å². The van der Waals surface area contributed by atoms with E-state index in [4.69, 9.17) is 0 Å². The Balaban J connectivity index is 0.000000211. The van der Waals surface area contributed by atoms with Crippen LogP contribution in [-0.2, 0) is 18.9 Å². The number of rotatable bonds is 0. The van der Waals surface area contributed by atoms with Crippen LogP contribution in [0.4, 0.5) is 4.79 Å². The molecule has 2 rings (SSSR count). The molecule has 1 unspecified atom stereocenters. The maximum Gasteiger partial charge on any atom is 0.330 e. The Hall–Kier alpha value is -2.38. The summed E-state index contributed by atoms with van der Waals surface area (Å²) in [5.41, 5.74) is -0.574. The molecule has 3 amide bonds. The number of nitrogens with zero attached hydrogens (tertiary/aromatic N) is 4. The highest BCUT2D eigenvalue weighted by atomic mass is 16.2. The van der Waals surface area contributed by atoms with Gasteiger partial charge in [-0.1, -0.05) is 6.92 Å². The maximum atomic E-state index is 11.2. The summed E-state index contributed by atoms with van der Waals surface area (Å²) in [6.45, 7) is 2.35. The molecule has 1 aliphatic heterocycles. The summed E-state index contributed by atoms with van der Waals surface area (Å²) in [4.78, 5) is 46.6. The maximum absolute atomic E-state index is 11.2. The minimum atomic E-state index is -0.299. The third kappa shape index (κ3) is 3.59. The Labute approximate surface area is 122 Å². The molecule has 0 N–H and O–H groups in total. The van der Waals surface area contributed by atoms with Crippen LogP contribution in [0.3, 0.4) is 0 Å². The normalized spacial score (nSPS) is 18.4. The minimum absolute atomic E-state index is 0.0669. The first-order valence-corrected chi connectivity index (χ1v) is 6.42. The zero-order chi connectivity index (χ0) is 16.3. The van der Waals surface area contributed by atoms with E-state index in [2.05, 4.69) is 0 Å². The molecule has 1 aromatic heterocycles. The molecule has 1 aliphatic rings. The largest absolute Gasteiger partial charge is 0.330 e.